The van der Waals surface area contributed by atoms with Crippen molar-refractivity contribution in [3.05, 3.63) is 36.0 Å². The second-order valence-corrected chi connectivity index (χ2v) is 4.21. The minimum atomic E-state index is -3.09. The van der Waals surface area contributed by atoms with Gasteiger partial charge >= 0.3 is 0 Å². The van der Waals surface area contributed by atoms with Crippen molar-refractivity contribution in [1.29, 1.82) is 0 Å². The molecule has 0 aliphatic rings. The number of hydrogen-bond donors (Lipinski definition) is 0. The first kappa shape index (κ1) is 13.4. The molecule has 1 aromatic carbocycles. The van der Waals surface area contributed by atoms with E-state index in [0.29, 0.717) is 17.5 Å². The Kier molecular flexibility index (Phi) is 3.74. The van der Waals surface area contributed by atoms with Crippen LogP contribution < -0.4 is 0 Å². The molecular formula is C14H13F2NO2. The standard InChI is InChI=1S/C14H13F2NO2/c1-2-17-8-10(9-5-3-4-6-11(9)17)12(18)7-13(19)14(15)16/h3-6,8,14H,2,7H2,1H3. The van der Waals surface area contributed by atoms with Crippen LogP contribution in [0.3, 0.4) is 0 Å². The van der Waals surface area contributed by atoms with Crippen molar-refractivity contribution < 1.29 is 18.4 Å². The van der Waals surface area contributed by atoms with E-state index in [1.807, 2.05) is 23.6 Å². The number of rotatable bonds is 5. The van der Waals surface area contributed by atoms with Crippen molar-refractivity contribution in [3.8, 4) is 0 Å². The maximum atomic E-state index is 12.2. The average Bonchev–Trinajstić information content (AvgIpc) is 2.77. The summed E-state index contributed by atoms with van der Waals surface area (Å²) in [5.74, 6) is -1.90. The minimum absolute atomic E-state index is 0.325. The van der Waals surface area contributed by atoms with Crippen LogP contribution in [0.1, 0.15) is 23.7 Å². The molecule has 0 saturated carbocycles. The van der Waals surface area contributed by atoms with E-state index >= 15 is 0 Å². The van der Waals surface area contributed by atoms with Crippen LogP contribution in [0, 0.1) is 0 Å². The predicted octanol–water partition coefficient (Wildman–Crippen LogP) is 3.07. The zero-order valence-corrected chi connectivity index (χ0v) is 10.4. The second kappa shape index (κ2) is 5.30. The molecule has 1 heterocycles. The van der Waals surface area contributed by atoms with Crippen molar-refractivity contribution >= 4 is 22.5 Å². The van der Waals surface area contributed by atoms with E-state index in [2.05, 4.69) is 0 Å². The van der Waals surface area contributed by atoms with Crippen LogP contribution >= 0.6 is 0 Å². The summed E-state index contributed by atoms with van der Waals surface area (Å²) in [6, 6.07) is 7.22. The molecule has 2 rings (SSSR count). The highest BCUT2D eigenvalue weighted by molar-refractivity contribution is 6.15. The molecular weight excluding hydrogens is 252 g/mol. The van der Waals surface area contributed by atoms with Gasteiger partial charge in [0.15, 0.2) is 5.78 Å². The van der Waals surface area contributed by atoms with Crippen molar-refractivity contribution in [2.45, 2.75) is 26.3 Å². The number of para-hydroxylation sites is 1. The number of ketones is 2. The van der Waals surface area contributed by atoms with Gasteiger partial charge in [0, 0.05) is 29.2 Å². The van der Waals surface area contributed by atoms with E-state index in [-0.39, 0.29) is 0 Å². The number of halogens is 2. The first-order chi connectivity index (χ1) is 9.04. The van der Waals surface area contributed by atoms with Crippen LogP contribution in [0.2, 0.25) is 0 Å². The third-order valence-corrected chi connectivity index (χ3v) is 3.01. The summed E-state index contributed by atoms with van der Waals surface area (Å²) in [6.07, 6.45) is -2.23. The molecule has 1 aromatic heterocycles. The largest absolute Gasteiger partial charge is 0.347 e. The Labute approximate surface area is 108 Å². The summed E-state index contributed by atoms with van der Waals surface area (Å²) < 4.78 is 26.2. The predicted molar refractivity (Wildman–Crippen MR) is 67.6 cm³/mol. The topological polar surface area (TPSA) is 39.1 Å². The third kappa shape index (κ3) is 2.54. The molecule has 0 bridgehead atoms. The molecule has 100 valence electrons. The first-order valence-electron chi connectivity index (χ1n) is 5.96. The van der Waals surface area contributed by atoms with Crippen LogP contribution in [0.4, 0.5) is 8.78 Å². The van der Waals surface area contributed by atoms with E-state index < -0.39 is 24.4 Å². The summed E-state index contributed by atoms with van der Waals surface area (Å²) in [5, 5.41) is 0.691. The molecule has 0 aliphatic heterocycles. The first-order valence-corrected chi connectivity index (χ1v) is 5.96. The van der Waals surface area contributed by atoms with E-state index in [0.717, 1.165) is 5.52 Å². The van der Waals surface area contributed by atoms with E-state index in [4.69, 9.17) is 0 Å². The van der Waals surface area contributed by atoms with Crippen LogP contribution in [-0.2, 0) is 11.3 Å². The molecule has 0 unspecified atom stereocenters. The lowest BCUT2D eigenvalue weighted by molar-refractivity contribution is -0.128. The van der Waals surface area contributed by atoms with Crippen LogP contribution in [-0.4, -0.2) is 22.6 Å². The Hall–Kier alpha value is -2.04. The molecule has 19 heavy (non-hydrogen) atoms. The fourth-order valence-corrected chi connectivity index (χ4v) is 2.06. The minimum Gasteiger partial charge on any atom is -0.347 e. The van der Waals surface area contributed by atoms with Gasteiger partial charge in [0.25, 0.3) is 6.43 Å². The molecule has 0 fully saturated rings. The maximum absolute atomic E-state index is 12.2. The normalized spacial score (nSPS) is 11.2. The molecule has 2 aromatic rings. The number of nitrogens with zero attached hydrogens (tertiary/aromatic N) is 1. The number of Topliss-reactive ketones (excluding diaryl/α,β-unsaturated/α-hetero) is 2. The molecule has 3 nitrogen and oxygen atoms in total. The van der Waals surface area contributed by atoms with E-state index in [9.17, 15) is 18.4 Å². The molecule has 0 aliphatic carbocycles. The SMILES string of the molecule is CCn1cc(C(=O)CC(=O)C(F)F)c2ccccc21. The molecule has 0 radical (unpaired) electrons. The molecule has 0 N–H and O–H groups in total. The number of carbonyl (C=O) groups excluding carboxylic acids is 2. The number of alkyl halides is 2. The number of fused-ring (bicyclic) bond motifs is 1. The smallest absolute Gasteiger partial charge is 0.296 e. The lowest BCUT2D eigenvalue weighted by Gasteiger charge is -1.98. The summed E-state index contributed by atoms with van der Waals surface area (Å²) in [6.45, 7) is 2.58. The quantitative estimate of drug-likeness (QED) is 0.615. The van der Waals surface area contributed by atoms with Crippen molar-refractivity contribution in [2.24, 2.45) is 0 Å². The Bertz CT molecular complexity index is 631. The van der Waals surface area contributed by atoms with Gasteiger partial charge in [0.05, 0.1) is 6.42 Å². The van der Waals surface area contributed by atoms with Gasteiger partial charge in [-0.15, -0.1) is 0 Å². The number of benzene rings is 1. The maximum Gasteiger partial charge on any atom is 0.296 e. The zero-order chi connectivity index (χ0) is 14.0. The Morgan fingerprint density at radius 2 is 1.95 bits per heavy atom. The lowest BCUT2D eigenvalue weighted by atomic mass is 10.1. The molecule has 5 heteroatoms. The third-order valence-electron chi connectivity index (χ3n) is 3.01. The second-order valence-electron chi connectivity index (χ2n) is 4.21. The Morgan fingerprint density at radius 3 is 2.58 bits per heavy atom. The van der Waals surface area contributed by atoms with Crippen molar-refractivity contribution in [3.63, 3.8) is 0 Å². The number of aromatic nitrogens is 1. The van der Waals surface area contributed by atoms with Crippen LogP contribution in [0.25, 0.3) is 10.9 Å². The van der Waals surface area contributed by atoms with Gasteiger partial charge in [-0.3, -0.25) is 9.59 Å². The highest BCUT2D eigenvalue weighted by Gasteiger charge is 2.22. The van der Waals surface area contributed by atoms with Gasteiger partial charge in [-0.2, -0.15) is 0 Å². The van der Waals surface area contributed by atoms with Gasteiger partial charge < -0.3 is 4.57 Å². The van der Waals surface area contributed by atoms with E-state index in [1.165, 1.54) is 0 Å². The number of aryl methyl sites for hydroxylation is 1. The monoisotopic (exact) mass is 265 g/mol. The van der Waals surface area contributed by atoms with Gasteiger partial charge in [0.1, 0.15) is 0 Å². The van der Waals surface area contributed by atoms with Gasteiger partial charge in [-0.25, -0.2) is 8.78 Å². The number of hydrogen-bond acceptors (Lipinski definition) is 2. The Balaban J connectivity index is 2.40. The van der Waals surface area contributed by atoms with Crippen LogP contribution in [0.15, 0.2) is 30.5 Å². The van der Waals surface area contributed by atoms with Gasteiger partial charge in [-0.1, -0.05) is 18.2 Å². The average molecular weight is 265 g/mol. The van der Waals surface area contributed by atoms with Gasteiger partial charge in [-0.05, 0) is 13.0 Å². The summed E-state index contributed by atoms with van der Waals surface area (Å²) in [4.78, 5) is 22.9. The summed E-state index contributed by atoms with van der Waals surface area (Å²) in [7, 11) is 0. The molecule has 0 spiro atoms. The molecule has 0 amide bonds. The fourth-order valence-electron chi connectivity index (χ4n) is 2.06. The molecule has 0 atom stereocenters. The van der Waals surface area contributed by atoms with Crippen molar-refractivity contribution in [1.82, 2.24) is 4.57 Å². The summed E-state index contributed by atoms with van der Waals surface area (Å²) >= 11 is 0. The van der Waals surface area contributed by atoms with Crippen molar-refractivity contribution in [2.75, 3.05) is 0 Å². The van der Waals surface area contributed by atoms with Gasteiger partial charge in [0.2, 0.25) is 5.78 Å². The summed E-state index contributed by atoms with van der Waals surface area (Å²) in [5.41, 5.74) is 1.18. The number of carbonyl (C=O) groups is 2. The van der Waals surface area contributed by atoms with E-state index in [1.54, 1.807) is 18.3 Å². The lowest BCUT2D eigenvalue weighted by Crippen LogP contribution is -2.15. The highest BCUT2D eigenvalue weighted by atomic mass is 19.3. The fraction of sp³-hybridized carbons (Fsp3) is 0.286. The van der Waals surface area contributed by atoms with Crippen LogP contribution in [0.5, 0.6) is 0 Å². The Morgan fingerprint density at radius 1 is 1.26 bits per heavy atom. The zero-order valence-electron chi connectivity index (χ0n) is 10.4. The molecule has 0 saturated heterocycles. The highest BCUT2D eigenvalue weighted by Crippen LogP contribution is 2.23.